The minimum atomic E-state index is -0.337. The number of rotatable bonds is 6. The second-order valence-corrected chi connectivity index (χ2v) is 7.28. The number of aromatic nitrogens is 1. The van der Waals surface area contributed by atoms with Gasteiger partial charge in [-0.3, -0.25) is 4.79 Å². The third-order valence-electron chi connectivity index (χ3n) is 4.56. The van der Waals surface area contributed by atoms with E-state index in [2.05, 4.69) is 24.1 Å². The van der Waals surface area contributed by atoms with Crippen LogP contribution in [0.15, 0.2) is 58.8 Å². The van der Waals surface area contributed by atoms with E-state index >= 15 is 0 Å². The van der Waals surface area contributed by atoms with E-state index in [9.17, 15) is 9.90 Å². The second kappa shape index (κ2) is 8.16. The van der Waals surface area contributed by atoms with Crippen molar-refractivity contribution >= 4 is 22.5 Å². The first-order chi connectivity index (χ1) is 13.0. The molecule has 0 aliphatic rings. The smallest absolute Gasteiger partial charge is 0.269 e. The van der Waals surface area contributed by atoms with Crippen LogP contribution in [0.3, 0.4) is 0 Å². The van der Waals surface area contributed by atoms with Crippen LogP contribution >= 0.6 is 0 Å². The summed E-state index contributed by atoms with van der Waals surface area (Å²) in [6, 6.07) is 15.4. The zero-order chi connectivity index (χ0) is 19.4. The second-order valence-electron chi connectivity index (χ2n) is 7.28. The maximum absolute atomic E-state index is 12.2. The van der Waals surface area contributed by atoms with Crippen LogP contribution in [-0.2, 0) is 17.8 Å². The molecule has 0 saturated heterocycles. The van der Waals surface area contributed by atoms with Crippen LogP contribution in [0.25, 0.3) is 10.9 Å². The average molecular weight is 363 g/mol. The number of amides is 1. The summed E-state index contributed by atoms with van der Waals surface area (Å²) in [5.41, 5.74) is 3.22. The fourth-order valence-corrected chi connectivity index (χ4v) is 3.06. The molecular formula is C22H25N3O2. The van der Waals surface area contributed by atoms with E-state index in [4.69, 9.17) is 0 Å². The molecule has 0 bridgehead atoms. The van der Waals surface area contributed by atoms with E-state index < -0.39 is 0 Å². The summed E-state index contributed by atoms with van der Waals surface area (Å²) in [7, 11) is 0. The average Bonchev–Trinajstić information content (AvgIpc) is 2.89. The van der Waals surface area contributed by atoms with Gasteiger partial charge < -0.3 is 9.67 Å². The van der Waals surface area contributed by atoms with Gasteiger partial charge in [0.05, 0.1) is 11.9 Å². The van der Waals surface area contributed by atoms with Crippen molar-refractivity contribution in [3.8, 4) is 5.88 Å². The molecule has 2 aromatic carbocycles. The number of carbonyl (C=O) groups is 1. The Labute approximate surface area is 159 Å². The lowest BCUT2D eigenvalue weighted by Gasteiger charge is -2.09. The topological polar surface area (TPSA) is 66.9 Å². The van der Waals surface area contributed by atoms with Crippen LogP contribution < -0.4 is 0 Å². The molecule has 0 spiro atoms. The molecule has 0 aliphatic carbocycles. The molecule has 0 radical (unpaired) electrons. The standard InChI is InChI=1S/C22H25N3O2/c1-15(2)11-12-25-19-10-9-16(3)13-18(19)21(22(25)27)24-23-20(26)14-17-7-5-4-6-8-17/h4-10,13,15,27H,11-12,14H2,1-3H3. The maximum Gasteiger partial charge on any atom is 0.269 e. The molecule has 0 aliphatic heterocycles. The third-order valence-corrected chi connectivity index (χ3v) is 4.56. The van der Waals surface area contributed by atoms with Crippen molar-refractivity contribution in [3.05, 3.63) is 59.7 Å². The summed E-state index contributed by atoms with van der Waals surface area (Å²) in [5.74, 6) is 0.244. The molecule has 0 saturated carbocycles. The van der Waals surface area contributed by atoms with Gasteiger partial charge in [0.25, 0.3) is 5.91 Å². The van der Waals surface area contributed by atoms with Gasteiger partial charge in [0.1, 0.15) is 0 Å². The van der Waals surface area contributed by atoms with Crippen molar-refractivity contribution in [2.24, 2.45) is 16.1 Å². The largest absolute Gasteiger partial charge is 0.493 e. The fraction of sp³-hybridized carbons (Fsp3) is 0.318. The lowest BCUT2D eigenvalue weighted by Crippen LogP contribution is -2.00. The van der Waals surface area contributed by atoms with Crippen LogP contribution in [0.1, 0.15) is 31.4 Å². The molecular weight excluding hydrogens is 338 g/mol. The zero-order valence-electron chi connectivity index (χ0n) is 16.0. The number of carbonyl (C=O) groups excluding carboxylic acids is 1. The Morgan fingerprint density at radius 1 is 1.15 bits per heavy atom. The highest BCUT2D eigenvalue weighted by molar-refractivity contribution is 5.95. The first kappa shape index (κ1) is 18.8. The van der Waals surface area contributed by atoms with Gasteiger partial charge in [-0.15, -0.1) is 10.2 Å². The molecule has 3 aromatic rings. The van der Waals surface area contributed by atoms with Crippen molar-refractivity contribution in [1.29, 1.82) is 0 Å². The summed E-state index contributed by atoms with van der Waals surface area (Å²) in [4.78, 5) is 12.2. The van der Waals surface area contributed by atoms with Gasteiger partial charge in [0.15, 0.2) is 5.69 Å². The molecule has 5 nitrogen and oxygen atoms in total. The van der Waals surface area contributed by atoms with Crippen molar-refractivity contribution in [3.63, 3.8) is 0 Å². The van der Waals surface area contributed by atoms with Gasteiger partial charge >= 0.3 is 0 Å². The number of nitrogens with zero attached hydrogens (tertiary/aromatic N) is 3. The van der Waals surface area contributed by atoms with Crippen LogP contribution in [0.4, 0.5) is 5.69 Å². The molecule has 1 aromatic heterocycles. The Balaban J connectivity index is 1.92. The van der Waals surface area contributed by atoms with Crippen molar-refractivity contribution in [2.75, 3.05) is 0 Å². The summed E-state index contributed by atoms with van der Waals surface area (Å²) in [6.07, 6.45) is 1.13. The normalized spacial score (nSPS) is 11.7. The van der Waals surface area contributed by atoms with Crippen molar-refractivity contribution in [1.82, 2.24) is 4.57 Å². The Morgan fingerprint density at radius 2 is 1.89 bits per heavy atom. The van der Waals surface area contributed by atoms with E-state index in [1.54, 1.807) is 0 Å². The number of hydrogen-bond acceptors (Lipinski definition) is 3. The number of aryl methyl sites for hydroxylation is 2. The Bertz CT molecular complexity index is 972. The quantitative estimate of drug-likeness (QED) is 0.583. The highest BCUT2D eigenvalue weighted by Crippen LogP contribution is 2.39. The van der Waals surface area contributed by atoms with E-state index in [-0.39, 0.29) is 18.2 Å². The Kier molecular flexibility index (Phi) is 5.69. The van der Waals surface area contributed by atoms with Crippen LogP contribution in [0.2, 0.25) is 0 Å². The third kappa shape index (κ3) is 4.42. The molecule has 5 heteroatoms. The molecule has 3 rings (SSSR count). The summed E-state index contributed by atoms with van der Waals surface area (Å²) in [6.45, 7) is 6.98. The van der Waals surface area contributed by atoms with E-state index in [0.29, 0.717) is 18.2 Å². The molecule has 1 amide bonds. The molecule has 1 N–H and O–H groups in total. The molecule has 0 unspecified atom stereocenters. The molecule has 27 heavy (non-hydrogen) atoms. The minimum Gasteiger partial charge on any atom is -0.493 e. The number of aromatic hydroxyl groups is 1. The molecule has 0 atom stereocenters. The van der Waals surface area contributed by atoms with E-state index in [1.165, 1.54) is 0 Å². The molecule has 0 fully saturated rings. The highest BCUT2D eigenvalue weighted by atomic mass is 16.3. The van der Waals surface area contributed by atoms with Crippen molar-refractivity contribution in [2.45, 2.75) is 40.2 Å². The van der Waals surface area contributed by atoms with Gasteiger partial charge in [-0.1, -0.05) is 55.8 Å². The van der Waals surface area contributed by atoms with Gasteiger partial charge in [0, 0.05) is 11.9 Å². The molecule has 140 valence electrons. The Morgan fingerprint density at radius 3 is 2.59 bits per heavy atom. The highest BCUT2D eigenvalue weighted by Gasteiger charge is 2.17. The van der Waals surface area contributed by atoms with Crippen LogP contribution in [0, 0.1) is 12.8 Å². The van der Waals surface area contributed by atoms with E-state index in [1.807, 2.05) is 60.0 Å². The number of hydrogen-bond donors (Lipinski definition) is 1. The number of benzene rings is 2. The molecule has 1 heterocycles. The summed E-state index contributed by atoms with van der Waals surface area (Å²) in [5, 5.41) is 19.5. The van der Waals surface area contributed by atoms with Crippen LogP contribution in [0.5, 0.6) is 5.88 Å². The number of fused-ring (bicyclic) bond motifs is 1. The lowest BCUT2D eigenvalue weighted by molar-refractivity contribution is -0.117. The maximum atomic E-state index is 12.2. The number of azo groups is 1. The first-order valence-corrected chi connectivity index (χ1v) is 9.26. The summed E-state index contributed by atoms with van der Waals surface area (Å²) < 4.78 is 1.85. The van der Waals surface area contributed by atoms with E-state index in [0.717, 1.165) is 28.5 Å². The Hall–Kier alpha value is -2.95. The lowest BCUT2D eigenvalue weighted by atomic mass is 10.1. The first-order valence-electron chi connectivity index (χ1n) is 9.26. The predicted octanol–water partition coefficient (Wildman–Crippen LogP) is 5.55. The fourth-order valence-electron chi connectivity index (χ4n) is 3.06. The summed E-state index contributed by atoms with van der Waals surface area (Å²) >= 11 is 0. The monoisotopic (exact) mass is 363 g/mol. The SMILES string of the molecule is Cc1ccc2c(c1)c(N=NC(=O)Cc1ccccc1)c(O)n2CCC(C)C. The van der Waals surface area contributed by atoms with Gasteiger partial charge in [-0.2, -0.15) is 0 Å². The zero-order valence-corrected chi connectivity index (χ0v) is 16.0. The van der Waals surface area contributed by atoms with Crippen LogP contribution in [-0.4, -0.2) is 15.6 Å². The van der Waals surface area contributed by atoms with Gasteiger partial charge in [-0.05, 0) is 37.0 Å². The van der Waals surface area contributed by atoms with Gasteiger partial charge in [0.2, 0.25) is 5.88 Å². The van der Waals surface area contributed by atoms with Crippen molar-refractivity contribution < 1.29 is 9.90 Å². The predicted molar refractivity (Wildman–Crippen MR) is 107 cm³/mol. The minimum absolute atomic E-state index is 0.0625. The van der Waals surface area contributed by atoms with Gasteiger partial charge in [-0.25, -0.2) is 0 Å².